The number of nitrogens with one attached hydrogen (secondary N) is 2. The lowest BCUT2D eigenvalue weighted by Gasteiger charge is -2.19. The highest BCUT2D eigenvalue weighted by Crippen LogP contribution is 2.17. The quantitative estimate of drug-likeness (QED) is 0.304. The number of hydroxylamine groups is 1. The highest BCUT2D eigenvalue weighted by Gasteiger charge is 2.14. The van der Waals surface area contributed by atoms with E-state index in [1.54, 1.807) is 35.8 Å². The average molecular weight is 402 g/mol. The summed E-state index contributed by atoms with van der Waals surface area (Å²) in [4.78, 5) is 23.8. The molecule has 0 bridgehead atoms. The van der Waals surface area contributed by atoms with Crippen molar-refractivity contribution in [1.29, 1.82) is 0 Å². The summed E-state index contributed by atoms with van der Waals surface area (Å²) in [5.41, 5.74) is 3.74. The van der Waals surface area contributed by atoms with Gasteiger partial charge in [-0.15, -0.1) is 0 Å². The van der Waals surface area contributed by atoms with Crippen LogP contribution >= 0.6 is 0 Å². The van der Waals surface area contributed by atoms with Crippen molar-refractivity contribution >= 4 is 17.9 Å². The van der Waals surface area contributed by atoms with Gasteiger partial charge >= 0.3 is 0 Å². The summed E-state index contributed by atoms with van der Waals surface area (Å²) in [7, 11) is 0. The van der Waals surface area contributed by atoms with E-state index in [4.69, 9.17) is 9.94 Å². The van der Waals surface area contributed by atoms with Crippen molar-refractivity contribution in [3.8, 4) is 5.75 Å². The van der Waals surface area contributed by atoms with Crippen molar-refractivity contribution in [3.05, 3.63) is 108 Å². The molecule has 0 aliphatic heterocycles. The second kappa shape index (κ2) is 10.6. The highest BCUT2D eigenvalue weighted by atomic mass is 16.5. The second-order valence-corrected chi connectivity index (χ2v) is 6.49. The summed E-state index contributed by atoms with van der Waals surface area (Å²) in [5.74, 6) is -0.285. The van der Waals surface area contributed by atoms with E-state index in [0.717, 1.165) is 11.1 Å². The molecule has 0 heterocycles. The summed E-state index contributed by atoms with van der Waals surface area (Å²) in [6.45, 7) is 0.209. The number of carbonyl (C=O) groups excluding carboxylic acids is 2. The first-order valence-electron chi connectivity index (χ1n) is 9.41. The maximum atomic E-state index is 12.4. The predicted molar refractivity (Wildman–Crippen MR) is 114 cm³/mol. The molecule has 1 atom stereocenters. The molecule has 3 aromatic carbocycles. The molecule has 3 N–H and O–H groups in total. The zero-order valence-corrected chi connectivity index (χ0v) is 16.2. The van der Waals surface area contributed by atoms with Crippen molar-refractivity contribution in [3.63, 3.8) is 0 Å². The smallest absolute Gasteiger partial charge is 0.274 e. The molecular formula is C24H22N2O4. The number of rotatable bonds is 8. The van der Waals surface area contributed by atoms with Crippen LogP contribution in [0.5, 0.6) is 5.75 Å². The molecule has 0 radical (unpaired) electrons. The van der Waals surface area contributed by atoms with Gasteiger partial charge in [0.2, 0.25) is 5.91 Å². The van der Waals surface area contributed by atoms with Gasteiger partial charge in [0.05, 0.1) is 6.04 Å². The standard InChI is InChI=1S/C24H22N2O4/c27-23(16-11-18-7-3-1-4-8-18)25-22(19-9-5-2-6-10-19)17-30-21-14-12-20(13-15-21)24(28)26-29/h1-16,22,29H,17H2,(H,25,27)(H,26,28)/t22-/m1/s1. The molecule has 0 aliphatic carbocycles. The van der Waals surface area contributed by atoms with Gasteiger partial charge in [-0.3, -0.25) is 14.8 Å². The topological polar surface area (TPSA) is 87.7 Å². The van der Waals surface area contributed by atoms with Crippen LogP contribution in [0.1, 0.15) is 27.5 Å². The van der Waals surface area contributed by atoms with Crippen molar-refractivity contribution < 1.29 is 19.5 Å². The van der Waals surface area contributed by atoms with E-state index >= 15 is 0 Å². The van der Waals surface area contributed by atoms with Crippen molar-refractivity contribution in [1.82, 2.24) is 10.8 Å². The van der Waals surface area contributed by atoms with Gasteiger partial charge in [0, 0.05) is 11.6 Å². The minimum atomic E-state index is -0.596. The van der Waals surface area contributed by atoms with E-state index in [9.17, 15) is 9.59 Å². The van der Waals surface area contributed by atoms with Crippen LogP contribution in [0.15, 0.2) is 91.0 Å². The fourth-order valence-electron chi connectivity index (χ4n) is 2.81. The number of carbonyl (C=O) groups is 2. The Bertz CT molecular complexity index is 987. The van der Waals surface area contributed by atoms with Crippen molar-refractivity contribution in [2.24, 2.45) is 0 Å². The number of hydrogen-bond acceptors (Lipinski definition) is 4. The molecule has 0 saturated heterocycles. The van der Waals surface area contributed by atoms with Crippen LogP contribution in [-0.2, 0) is 4.79 Å². The number of amides is 2. The van der Waals surface area contributed by atoms with Crippen LogP contribution in [0, 0.1) is 0 Å². The number of ether oxygens (including phenoxy) is 1. The molecule has 0 aromatic heterocycles. The van der Waals surface area contributed by atoms with Crippen LogP contribution in [0.3, 0.4) is 0 Å². The molecule has 30 heavy (non-hydrogen) atoms. The first kappa shape index (κ1) is 20.8. The van der Waals surface area contributed by atoms with E-state index in [2.05, 4.69) is 5.32 Å². The first-order valence-corrected chi connectivity index (χ1v) is 9.41. The molecular weight excluding hydrogens is 380 g/mol. The molecule has 6 heteroatoms. The van der Waals surface area contributed by atoms with E-state index < -0.39 is 5.91 Å². The molecule has 6 nitrogen and oxygen atoms in total. The molecule has 2 amide bonds. The van der Waals surface area contributed by atoms with Gasteiger partial charge in [-0.2, -0.15) is 0 Å². The maximum absolute atomic E-state index is 12.4. The number of benzene rings is 3. The van der Waals surface area contributed by atoms with E-state index in [1.165, 1.54) is 6.08 Å². The lowest BCUT2D eigenvalue weighted by molar-refractivity contribution is -0.117. The molecule has 0 aliphatic rings. The summed E-state index contributed by atoms with van der Waals surface area (Å²) in [6.07, 6.45) is 3.25. The Labute approximate surface area is 174 Å². The fraction of sp³-hybridized carbons (Fsp3) is 0.0833. The van der Waals surface area contributed by atoms with Crippen molar-refractivity contribution in [2.75, 3.05) is 6.61 Å². The van der Waals surface area contributed by atoms with Crippen LogP contribution in [-0.4, -0.2) is 23.6 Å². The molecule has 3 aromatic rings. The van der Waals surface area contributed by atoms with Crippen LogP contribution in [0.2, 0.25) is 0 Å². The zero-order valence-electron chi connectivity index (χ0n) is 16.2. The third kappa shape index (κ3) is 6.05. The van der Waals surface area contributed by atoms with Crippen LogP contribution in [0.4, 0.5) is 0 Å². The third-order valence-corrected chi connectivity index (χ3v) is 4.38. The van der Waals surface area contributed by atoms with Gasteiger partial charge in [0.15, 0.2) is 0 Å². The molecule has 0 saturated carbocycles. The highest BCUT2D eigenvalue weighted by molar-refractivity contribution is 5.93. The minimum Gasteiger partial charge on any atom is -0.491 e. The lowest BCUT2D eigenvalue weighted by Crippen LogP contribution is -2.31. The minimum absolute atomic E-state index is 0.209. The summed E-state index contributed by atoms with van der Waals surface area (Å²) in [6, 6.07) is 25.1. The SMILES string of the molecule is O=C(C=Cc1ccccc1)N[C@H](COc1ccc(C(=O)NO)cc1)c1ccccc1. The Morgan fingerprint density at radius 3 is 2.17 bits per heavy atom. The van der Waals surface area contributed by atoms with Crippen molar-refractivity contribution in [2.45, 2.75) is 6.04 Å². The van der Waals surface area contributed by atoms with Gasteiger partial charge in [-0.05, 0) is 41.5 Å². The van der Waals surface area contributed by atoms with Gasteiger partial charge in [-0.1, -0.05) is 60.7 Å². The average Bonchev–Trinajstić information content (AvgIpc) is 2.81. The zero-order chi connectivity index (χ0) is 21.2. The fourth-order valence-corrected chi connectivity index (χ4v) is 2.81. The van der Waals surface area contributed by atoms with Gasteiger partial charge in [0.1, 0.15) is 12.4 Å². The van der Waals surface area contributed by atoms with E-state index in [0.29, 0.717) is 11.3 Å². The first-order chi connectivity index (χ1) is 14.7. The lowest BCUT2D eigenvalue weighted by atomic mass is 10.1. The van der Waals surface area contributed by atoms with Gasteiger partial charge < -0.3 is 10.1 Å². The Morgan fingerprint density at radius 1 is 0.900 bits per heavy atom. The molecule has 152 valence electrons. The van der Waals surface area contributed by atoms with E-state index in [1.807, 2.05) is 60.7 Å². The van der Waals surface area contributed by atoms with Crippen LogP contribution in [0.25, 0.3) is 6.08 Å². The molecule has 0 unspecified atom stereocenters. The second-order valence-electron chi connectivity index (χ2n) is 6.49. The molecule has 0 spiro atoms. The Balaban J connectivity index is 1.66. The van der Waals surface area contributed by atoms with Gasteiger partial charge in [-0.25, -0.2) is 5.48 Å². The predicted octanol–water partition coefficient (Wildman–Crippen LogP) is 3.76. The molecule has 0 fully saturated rings. The maximum Gasteiger partial charge on any atom is 0.274 e. The molecule has 3 rings (SSSR count). The normalized spacial score (nSPS) is 11.6. The Hall–Kier alpha value is -3.90. The monoisotopic (exact) mass is 402 g/mol. The third-order valence-electron chi connectivity index (χ3n) is 4.38. The van der Waals surface area contributed by atoms with Gasteiger partial charge in [0.25, 0.3) is 5.91 Å². The Morgan fingerprint density at radius 2 is 1.53 bits per heavy atom. The number of hydrogen-bond donors (Lipinski definition) is 3. The Kier molecular flexibility index (Phi) is 7.35. The summed E-state index contributed by atoms with van der Waals surface area (Å²) in [5, 5.41) is 11.6. The van der Waals surface area contributed by atoms with E-state index in [-0.39, 0.29) is 18.6 Å². The van der Waals surface area contributed by atoms with Crippen LogP contribution < -0.4 is 15.5 Å². The summed E-state index contributed by atoms with van der Waals surface area (Å²) < 4.78 is 5.82. The largest absolute Gasteiger partial charge is 0.491 e. The summed E-state index contributed by atoms with van der Waals surface area (Å²) >= 11 is 0.